The van der Waals surface area contributed by atoms with Crippen LogP contribution in [0.2, 0.25) is 0 Å². The second kappa shape index (κ2) is 5.05. The van der Waals surface area contributed by atoms with Gasteiger partial charge in [0.05, 0.1) is 12.5 Å². The Balaban J connectivity index is 1.67. The molecule has 4 fully saturated rings. The van der Waals surface area contributed by atoms with Gasteiger partial charge in [0.1, 0.15) is 5.78 Å². The summed E-state index contributed by atoms with van der Waals surface area (Å²) in [6.07, 6.45) is 6.30. The molecule has 23 heavy (non-hydrogen) atoms. The van der Waals surface area contributed by atoms with Crippen molar-refractivity contribution < 1.29 is 14.7 Å². The van der Waals surface area contributed by atoms with Crippen molar-refractivity contribution in [3.63, 3.8) is 0 Å². The second-order valence-electron chi connectivity index (χ2n) is 8.88. The Morgan fingerprint density at radius 3 is 2.61 bits per heavy atom. The minimum atomic E-state index is -0.481. The number of aliphatic hydroxyl groups is 1. The Bertz CT molecular complexity index is 547. The highest BCUT2D eigenvalue weighted by atomic mass is 16.3. The van der Waals surface area contributed by atoms with Crippen LogP contribution in [0.4, 0.5) is 0 Å². The maximum absolute atomic E-state index is 12.6. The van der Waals surface area contributed by atoms with Crippen LogP contribution in [0.25, 0.3) is 0 Å². The molecule has 2 heterocycles. The van der Waals surface area contributed by atoms with Crippen molar-refractivity contribution >= 4 is 11.7 Å². The van der Waals surface area contributed by atoms with Crippen molar-refractivity contribution in [3.8, 4) is 0 Å². The van der Waals surface area contributed by atoms with E-state index in [4.69, 9.17) is 0 Å². The van der Waals surface area contributed by atoms with Crippen LogP contribution in [0.15, 0.2) is 0 Å². The van der Waals surface area contributed by atoms with Crippen molar-refractivity contribution in [3.05, 3.63) is 0 Å². The van der Waals surface area contributed by atoms with E-state index in [1.165, 1.54) is 0 Å². The van der Waals surface area contributed by atoms with Gasteiger partial charge < -0.3 is 10.0 Å². The molecule has 0 spiro atoms. The molecule has 2 aliphatic carbocycles. The van der Waals surface area contributed by atoms with E-state index >= 15 is 0 Å². The average molecular weight is 319 g/mol. The first-order valence-electron chi connectivity index (χ1n) is 9.38. The molecule has 4 aliphatic rings. The zero-order valence-electron chi connectivity index (χ0n) is 14.4. The Kier molecular flexibility index (Phi) is 3.43. The number of carbonyl (C=O) groups is 2. The topological polar surface area (TPSA) is 57.6 Å². The molecule has 2 saturated heterocycles. The van der Waals surface area contributed by atoms with Crippen LogP contribution in [0, 0.1) is 23.2 Å². The number of aliphatic hydroxyl groups excluding tert-OH is 1. The summed E-state index contributed by atoms with van der Waals surface area (Å²) >= 11 is 0. The molecule has 0 unspecified atom stereocenters. The predicted molar refractivity (Wildman–Crippen MR) is 86.6 cm³/mol. The van der Waals surface area contributed by atoms with E-state index in [2.05, 4.69) is 18.7 Å². The van der Waals surface area contributed by atoms with E-state index < -0.39 is 6.10 Å². The lowest BCUT2D eigenvalue weighted by Crippen LogP contribution is -2.62. The van der Waals surface area contributed by atoms with E-state index in [1.54, 1.807) is 0 Å². The number of Topliss-reactive ketones (excluding diaryl/α,β-unsaturated/α-hetero) is 1. The average Bonchev–Trinajstić information content (AvgIpc) is 2.75. The third-order valence-corrected chi connectivity index (χ3v) is 7.94. The molecule has 0 aromatic heterocycles. The second-order valence-corrected chi connectivity index (χ2v) is 8.88. The fraction of sp³-hybridized carbons (Fsp3) is 0.895. The van der Waals surface area contributed by atoms with Gasteiger partial charge in [-0.05, 0) is 63.2 Å². The van der Waals surface area contributed by atoms with Crippen LogP contribution in [0.5, 0.6) is 0 Å². The molecule has 1 amide bonds. The number of hydrogen-bond acceptors (Lipinski definition) is 3. The van der Waals surface area contributed by atoms with Crippen molar-refractivity contribution in [2.45, 2.75) is 76.9 Å². The van der Waals surface area contributed by atoms with E-state index in [1.807, 2.05) is 0 Å². The highest BCUT2D eigenvalue weighted by Crippen LogP contribution is 2.60. The summed E-state index contributed by atoms with van der Waals surface area (Å²) in [5.41, 5.74) is -0.224. The lowest BCUT2D eigenvalue weighted by molar-refractivity contribution is -0.154. The standard InChI is InChI=1S/C19H29NO3/c1-18-8-6-15-13(14(18)3-4-16(18)22)7-10-20-17(23)11-12(21)5-9-19(15,20)2/h12-15,21H,3-11H2,1-2H3/t12-,13-,14-,15-,18-,19+/m0/s1. The smallest absolute Gasteiger partial charge is 0.225 e. The largest absolute Gasteiger partial charge is 0.393 e. The highest BCUT2D eigenvalue weighted by Gasteiger charge is 2.60. The summed E-state index contributed by atoms with van der Waals surface area (Å²) in [4.78, 5) is 27.1. The van der Waals surface area contributed by atoms with Crippen LogP contribution in [0.3, 0.4) is 0 Å². The predicted octanol–water partition coefficient (Wildman–Crippen LogP) is 2.53. The van der Waals surface area contributed by atoms with Gasteiger partial charge in [-0.2, -0.15) is 0 Å². The molecule has 0 bridgehead atoms. The van der Waals surface area contributed by atoms with Crippen LogP contribution < -0.4 is 0 Å². The molecule has 128 valence electrons. The Morgan fingerprint density at radius 1 is 1.04 bits per heavy atom. The molecular weight excluding hydrogens is 290 g/mol. The first kappa shape index (κ1) is 15.6. The van der Waals surface area contributed by atoms with Gasteiger partial charge in [0.2, 0.25) is 5.91 Å². The molecule has 4 rings (SSSR count). The summed E-state index contributed by atoms with van der Waals surface area (Å²) in [6, 6.07) is 0. The number of fused-ring (bicyclic) bond motifs is 5. The Hall–Kier alpha value is -0.900. The first-order valence-corrected chi connectivity index (χ1v) is 9.38. The SMILES string of the molecule is C[C@]12CC[C@H]3[C@@H](CCN4C(=O)C[C@@H](O)CC[C@]34C)[C@@H]1CCC2=O. The third kappa shape index (κ3) is 2.06. The maximum atomic E-state index is 12.6. The fourth-order valence-electron chi connectivity index (χ4n) is 6.57. The van der Waals surface area contributed by atoms with Gasteiger partial charge in [0, 0.05) is 23.9 Å². The van der Waals surface area contributed by atoms with Gasteiger partial charge in [-0.25, -0.2) is 0 Å². The number of amides is 1. The van der Waals surface area contributed by atoms with Crippen LogP contribution in [-0.4, -0.2) is 39.9 Å². The number of nitrogens with zero attached hydrogens (tertiary/aromatic N) is 1. The normalized spacial score (nSPS) is 50.1. The number of carbonyl (C=O) groups excluding carboxylic acids is 2. The highest BCUT2D eigenvalue weighted by molar-refractivity contribution is 5.87. The van der Waals surface area contributed by atoms with Crippen molar-refractivity contribution in [2.24, 2.45) is 23.2 Å². The molecular formula is C19H29NO3. The van der Waals surface area contributed by atoms with Crippen LogP contribution >= 0.6 is 0 Å². The number of ketones is 1. The molecule has 4 nitrogen and oxygen atoms in total. The minimum absolute atomic E-state index is 0.103. The van der Waals surface area contributed by atoms with Crippen molar-refractivity contribution in [1.29, 1.82) is 0 Å². The lowest BCUT2D eigenvalue weighted by Gasteiger charge is -2.58. The van der Waals surface area contributed by atoms with E-state index in [0.717, 1.165) is 51.5 Å². The zero-order valence-corrected chi connectivity index (χ0v) is 14.4. The molecule has 0 aromatic carbocycles. The summed E-state index contributed by atoms with van der Waals surface area (Å²) in [5.74, 6) is 2.18. The molecule has 4 heteroatoms. The van der Waals surface area contributed by atoms with Gasteiger partial charge in [-0.1, -0.05) is 6.92 Å². The van der Waals surface area contributed by atoms with Gasteiger partial charge in [0.15, 0.2) is 0 Å². The monoisotopic (exact) mass is 319 g/mol. The minimum Gasteiger partial charge on any atom is -0.393 e. The Labute approximate surface area is 138 Å². The van der Waals surface area contributed by atoms with Gasteiger partial charge in [-0.15, -0.1) is 0 Å². The first-order chi connectivity index (χ1) is 10.9. The summed E-state index contributed by atoms with van der Waals surface area (Å²) in [7, 11) is 0. The van der Waals surface area contributed by atoms with Gasteiger partial charge >= 0.3 is 0 Å². The molecule has 2 saturated carbocycles. The fourth-order valence-corrected chi connectivity index (χ4v) is 6.57. The van der Waals surface area contributed by atoms with Crippen LogP contribution in [-0.2, 0) is 9.59 Å². The summed E-state index contributed by atoms with van der Waals surface area (Å²) < 4.78 is 0. The van der Waals surface area contributed by atoms with Crippen LogP contribution in [0.1, 0.15) is 65.2 Å². The Morgan fingerprint density at radius 2 is 1.83 bits per heavy atom. The number of piperidine rings is 1. The van der Waals surface area contributed by atoms with Gasteiger partial charge in [-0.3, -0.25) is 9.59 Å². The quantitative estimate of drug-likeness (QED) is 0.746. The van der Waals surface area contributed by atoms with Gasteiger partial charge in [0.25, 0.3) is 0 Å². The van der Waals surface area contributed by atoms with E-state index in [9.17, 15) is 14.7 Å². The molecule has 2 aliphatic heterocycles. The summed E-state index contributed by atoms with van der Waals surface area (Å²) in [5, 5.41) is 10.1. The number of hydrogen-bond donors (Lipinski definition) is 1. The lowest BCUT2D eigenvalue weighted by atomic mass is 9.53. The molecule has 0 aromatic rings. The van der Waals surface area contributed by atoms with Crippen molar-refractivity contribution in [2.75, 3.05) is 6.54 Å². The maximum Gasteiger partial charge on any atom is 0.225 e. The summed E-state index contributed by atoms with van der Waals surface area (Å²) in [6.45, 7) is 5.25. The van der Waals surface area contributed by atoms with Crippen molar-refractivity contribution in [1.82, 2.24) is 4.90 Å². The molecule has 0 radical (unpaired) electrons. The molecule has 6 atom stereocenters. The van der Waals surface area contributed by atoms with E-state index in [-0.39, 0.29) is 23.3 Å². The molecule has 1 N–H and O–H groups in total. The third-order valence-electron chi connectivity index (χ3n) is 7.94. The number of rotatable bonds is 0. The van der Waals surface area contributed by atoms with E-state index in [0.29, 0.717) is 23.5 Å². The zero-order chi connectivity index (χ0) is 16.4.